The topological polar surface area (TPSA) is 114 Å². The number of hydrogen-bond donors (Lipinski definition) is 4. The summed E-state index contributed by atoms with van der Waals surface area (Å²) in [4.78, 5) is 43.1. The van der Waals surface area contributed by atoms with Crippen LogP contribution in [0.3, 0.4) is 0 Å². The van der Waals surface area contributed by atoms with Gasteiger partial charge in [0.05, 0.1) is 18.2 Å². The fourth-order valence-corrected chi connectivity index (χ4v) is 6.08. The second-order valence-corrected chi connectivity index (χ2v) is 11.9. The van der Waals surface area contributed by atoms with E-state index < -0.39 is 18.2 Å². The third-order valence-electron chi connectivity index (χ3n) is 8.74. The smallest absolute Gasteiger partial charge is 0.251 e. The van der Waals surface area contributed by atoms with Gasteiger partial charge in [-0.2, -0.15) is 0 Å². The minimum Gasteiger partial charge on any atom is -0.390 e. The van der Waals surface area contributed by atoms with Gasteiger partial charge in [-0.3, -0.25) is 14.4 Å². The van der Waals surface area contributed by atoms with Crippen LogP contribution in [0.25, 0.3) is 0 Å². The molecule has 1 aliphatic heterocycles. The first kappa shape index (κ1) is 32.5. The van der Waals surface area contributed by atoms with Crippen LogP contribution in [0.1, 0.15) is 81.6 Å². The molecule has 4 N–H and O–H groups in total. The zero-order chi connectivity index (χ0) is 30.8. The molecule has 2 aliphatic rings. The Morgan fingerprint density at radius 2 is 1.74 bits per heavy atom. The molecular weight excluding hydrogens is 542 g/mol. The molecule has 0 radical (unpaired) electrons. The summed E-state index contributed by atoms with van der Waals surface area (Å²) < 4.78 is 0. The molecule has 1 aliphatic carbocycles. The van der Waals surface area contributed by atoms with Crippen molar-refractivity contribution in [3.05, 3.63) is 59.7 Å². The quantitative estimate of drug-likeness (QED) is 0.266. The summed E-state index contributed by atoms with van der Waals surface area (Å²) in [5.41, 5.74) is 3.02. The number of anilines is 2. The first-order valence-electron chi connectivity index (χ1n) is 16.1. The van der Waals surface area contributed by atoms with Crippen LogP contribution in [0, 0.1) is 0 Å². The van der Waals surface area contributed by atoms with E-state index >= 15 is 0 Å². The number of hydrogen-bond acceptors (Lipinski definition) is 6. The molecular formula is C34H49N5O4. The molecule has 234 valence electrons. The zero-order valence-electron chi connectivity index (χ0n) is 26.0. The van der Waals surface area contributed by atoms with Crippen LogP contribution in [0.15, 0.2) is 48.5 Å². The van der Waals surface area contributed by atoms with Crippen LogP contribution < -0.4 is 25.8 Å². The van der Waals surface area contributed by atoms with E-state index in [2.05, 4.69) is 34.7 Å². The highest BCUT2D eigenvalue weighted by atomic mass is 16.3. The Labute approximate surface area is 256 Å². The second-order valence-electron chi connectivity index (χ2n) is 11.9. The van der Waals surface area contributed by atoms with Crippen LogP contribution in [-0.2, 0) is 16.0 Å². The molecule has 2 fully saturated rings. The number of nitrogens with one attached hydrogen (secondary N) is 3. The fourth-order valence-electron chi connectivity index (χ4n) is 6.08. The summed E-state index contributed by atoms with van der Waals surface area (Å²) in [5.74, 6) is -0.321. The highest BCUT2D eigenvalue weighted by Gasteiger charge is 2.27. The van der Waals surface area contributed by atoms with Gasteiger partial charge in [-0.05, 0) is 70.2 Å². The van der Waals surface area contributed by atoms with Crippen LogP contribution >= 0.6 is 0 Å². The molecule has 0 spiro atoms. The van der Waals surface area contributed by atoms with Gasteiger partial charge in [0.15, 0.2) is 0 Å². The largest absolute Gasteiger partial charge is 0.390 e. The molecule has 1 saturated carbocycles. The Hall–Kier alpha value is -3.43. The van der Waals surface area contributed by atoms with Gasteiger partial charge in [0.1, 0.15) is 0 Å². The normalized spacial score (nSPS) is 17.8. The van der Waals surface area contributed by atoms with E-state index in [1.165, 1.54) is 6.42 Å². The van der Waals surface area contributed by atoms with E-state index in [-0.39, 0.29) is 30.3 Å². The van der Waals surface area contributed by atoms with Gasteiger partial charge in [0.25, 0.3) is 5.91 Å². The van der Waals surface area contributed by atoms with Crippen molar-refractivity contribution in [2.75, 3.05) is 36.0 Å². The average Bonchev–Trinajstić information content (AvgIpc) is 3.46. The van der Waals surface area contributed by atoms with Crippen molar-refractivity contribution >= 4 is 29.1 Å². The average molecular weight is 592 g/mol. The number of aliphatic hydroxyl groups is 1. The van der Waals surface area contributed by atoms with Crippen molar-refractivity contribution in [2.45, 2.75) is 96.4 Å². The first-order chi connectivity index (χ1) is 20.8. The number of aliphatic hydroxyl groups excluding tert-OH is 1. The van der Waals surface area contributed by atoms with Gasteiger partial charge in [-0.15, -0.1) is 0 Å². The SMILES string of the molecule is CCN(CC)c1cc(C(=O)NC(Cc2ccccc2)[C@H](O)CN[C@@H](C)C(=O)NC2CCCCC2)cc(N2CCCC2=O)c1. The van der Waals surface area contributed by atoms with E-state index in [1.807, 2.05) is 42.5 Å². The van der Waals surface area contributed by atoms with Crippen molar-refractivity contribution in [1.82, 2.24) is 16.0 Å². The van der Waals surface area contributed by atoms with Crippen LogP contribution in [-0.4, -0.2) is 73.2 Å². The second kappa shape index (κ2) is 15.9. The lowest BCUT2D eigenvalue weighted by Gasteiger charge is -2.28. The molecule has 0 bridgehead atoms. The molecule has 9 heteroatoms. The third kappa shape index (κ3) is 9.03. The first-order valence-corrected chi connectivity index (χ1v) is 16.1. The molecule has 4 rings (SSSR count). The number of carbonyl (C=O) groups excluding carboxylic acids is 3. The summed E-state index contributed by atoms with van der Waals surface area (Å²) in [6.45, 7) is 8.23. The Kier molecular flexibility index (Phi) is 12.0. The van der Waals surface area contributed by atoms with Crippen LogP contribution in [0.2, 0.25) is 0 Å². The van der Waals surface area contributed by atoms with Gasteiger partial charge < -0.3 is 30.9 Å². The lowest BCUT2D eigenvalue weighted by molar-refractivity contribution is -0.123. The van der Waals surface area contributed by atoms with E-state index in [4.69, 9.17) is 0 Å². The lowest BCUT2D eigenvalue weighted by Crippen LogP contribution is -2.53. The standard InChI is InChI=1S/C34H49N5O4/c1-4-38(5-2)28-20-26(21-29(22-28)39-18-12-17-32(39)41)34(43)37-30(19-25-13-8-6-9-14-25)31(40)23-35-24(3)33(42)36-27-15-10-7-11-16-27/h6,8-9,13-14,20-22,24,27,30-31,35,40H,4-5,7,10-12,15-19,23H2,1-3H3,(H,36,42)(H,37,43)/t24-,30?,31+/m0/s1. The van der Waals surface area contributed by atoms with Crippen molar-refractivity contribution in [3.63, 3.8) is 0 Å². The minimum absolute atomic E-state index is 0.0631. The van der Waals surface area contributed by atoms with Crippen LogP contribution in [0.5, 0.6) is 0 Å². The Bertz CT molecular complexity index is 1210. The van der Waals surface area contributed by atoms with Crippen molar-refractivity contribution in [3.8, 4) is 0 Å². The fraction of sp³-hybridized carbons (Fsp3) is 0.559. The zero-order valence-corrected chi connectivity index (χ0v) is 26.0. The van der Waals surface area contributed by atoms with E-state index in [9.17, 15) is 19.5 Å². The number of nitrogens with zero attached hydrogens (tertiary/aromatic N) is 2. The molecule has 2 aromatic rings. The number of carbonyl (C=O) groups is 3. The van der Waals surface area contributed by atoms with E-state index in [0.717, 1.165) is 62.1 Å². The Morgan fingerprint density at radius 3 is 2.40 bits per heavy atom. The molecule has 43 heavy (non-hydrogen) atoms. The minimum atomic E-state index is -0.945. The van der Waals surface area contributed by atoms with Crippen LogP contribution in [0.4, 0.5) is 11.4 Å². The molecule has 1 heterocycles. The monoisotopic (exact) mass is 591 g/mol. The van der Waals surface area contributed by atoms with Crippen molar-refractivity contribution < 1.29 is 19.5 Å². The maximum atomic E-state index is 13.8. The summed E-state index contributed by atoms with van der Waals surface area (Å²) in [7, 11) is 0. The van der Waals surface area contributed by atoms with Gasteiger partial charge in [-0.25, -0.2) is 0 Å². The van der Waals surface area contributed by atoms with Gasteiger partial charge in [0, 0.05) is 55.6 Å². The van der Waals surface area contributed by atoms with E-state index in [0.29, 0.717) is 24.9 Å². The molecule has 3 atom stereocenters. The maximum absolute atomic E-state index is 13.8. The summed E-state index contributed by atoms with van der Waals surface area (Å²) >= 11 is 0. The molecule has 9 nitrogen and oxygen atoms in total. The lowest BCUT2D eigenvalue weighted by atomic mass is 9.95. The molecule has 0 aromatic heterocycles. The number of amides is 3. The summed E-state index contributed by atoms with van der Waals surface area (Å²) in [6, 6.07) is 14.5. The predicted molar refractivity (Wildman–Crippen MR) is 171 cm³/mol. The number of benzene rings is 2. The molecule has 2 aromatic carbocycles. The van der Waals surface area contributed by atoms with Crippen molar-refractivity contribution in [2.24, 2.45) is 0 Å². The van der Waals surface area contributed by atoms with E-state index in [1.54, 1.807) is 17.9 Å². The highest BCUT2D eigenvalue weighted by Crippen LogP contribution is 2.29. The van der Waals surface area contributed by atoms with Crippen molar-refractivity contribution in [1.29, 1.82) is 0 Å². The number of rotatable bonds is 14. The van der Waals surface area contributed by atoms with Gasteiger partial charge in [-0.1, -0.05) is 49.6 Å². The molecule has 3 amide bonds. The molecule has 1 saturated heterocycles. The van der Waals surface area contributed by atoms with Gasteiger partial charge >= 0.3 is 0 Å². The highest BCUT2D eigenvalue weighted by molar-refractivity contribution is 6.00. The maximum Gasteiger partial charge on any atom is 0.251 e. The Morgan fingerprint density at radius 1 is 1.02 bits per heavy atom. The predicted octanol–water partition coefficient (Wildman–Crippen LogP) is 3.79. The summed E-state index contributed by atoms with van der Waals surface area (Å²) in [6.07, 6.45) is 6.30. The Balaban J connectivity index is 1.49. The summed E-state index contributed by atoms with van der Waals surface area (Å²) in [5, 5.41) is 20.7. The molecule has 1 unspecified atom stereocenters. The van der Waals surface area contributed by atoms with Gasteiger partial charge in [0.2, 0.25) is 11.8 Å². The third-order valence-corrected chi connectivity index (χ3v) is 8.74.